The lowest BCUT2D eigenvalue weighted by Gasteiger charge is -2.08. The van der Waals surface area contributed by atoms with E-state index in [-0.39, 0.29) is 11.8 Å². The van der Waals surface area contributed by atoms with Gasteiger partial charge in [0, 0.05) is 12.1 Å². The Morgan fingerprint density at radius 2 is 2.27 bits per heavy atom. The van der Waals surface area contributed by atoms with Crippen molar-refractivity contribution in [3.63, 3.8) is 0 Å². The van der Waals surface area contributed by atoms with Crippen LogP contribution in [0.1, 0.15) is 25.0 Å². The van der Waals surface area contributed by atoms with E-state index in [1.54, 1.807) is 6.07 Å². The molecule has 0 aromatic carbocycles. The number of nitrogens with one attached hydrogen (secondary N) is 1. The van der Waals surface area contributed by atoms with Crippen molar-refractivity contribution in [1.29, 1.82) is 5.26 Å². The molecule has 0 spiro atoms. The average Bonchev–Trinajstić information content (AvgIpc) is 2.20. The van der Waals surface area contributed by atoms with Gasteiger partial charge in [-0.15, -0.1) is 0 Å². The molecule has 0 radical (unpaired) electrons. The molecule has 1 aromatic heterocycles. The number of carbonyl (C=O) groups is 1. The molecule has 1 N–H and O–H groups in total. The maximum Gasteiger partial charge on any atom is 0.228 e. The van der Waals surface area contributed by atoms with Gasteiger partial charge in [0.25, 0.3) is 0 Å². The molecule has 0 unspecified atom stereocenters. The lowest BCUT2D eigenvalue weighted by atomic mass is 10.2. The highest BCUT2D eigenvalue weighted by Gasteiger charge is 2.09. The largest absolute Gasteiger partial charge is 0.310 e. The number of pyridine rings is 1. The molecule has 0 atom stereocenters. The zero-order valence-electron chi connectivity index (χ0n) is 9.03. The number of anilines is 1. The van der Waals surface area contributed by atoms with Crippen molar-refractivity contribution in [1.82, 2.24) is 4.98 Å². The molecule has 0 aliphatic carbocycles. The van der Waals surface area contributed by atoms with Gasteiger partial charge in [-0.05, 0) is 18.6 Å². The van der Waals surface area contributed by atoms with Gasteiger partial charge in [0.05, 0.1) is 5.56 Å². The van der Waals surface area contributed by atoms with Crippen LogP contribution in [0.3, 0.4) is 0 Å². The summed E-state index contributed by atoms with van der Waals surface area (Å²) in [4.78, 5) is 15.4. The van der Waals surface area contributed by atoms with E-state index in [4.69, 9.17) is 5.26 Å². The van der Waals surface area contributed by atoms with Crippen LogP contribution >= 0.6 is 0 Å². The van der Waals surface area contributed by atoms with Crippen molar-refractivity contribution in [2.75, 3.05) is 5.32 Å². The average molecular weight is 203 g/mol. The highest BCUT2D eigenvalue weighted by Crippen LogP contribution is 2.13. The van der Waals surface area contributed by atoms with Crippen LogP contribution < -0.4 is 5.32 Å². The van der Waals surface area contributed by atoms with Gasteiger partial charge in [-0.1, -0.05) is 13.8 Å². The number of aromatic nitrogens is 1. The minimum atomic E-state index is -0.0816. The summed E-state index contributed by atoms with van der Waals surface area (Å²) in [5.74, 6) is 0.366. The third-order valence-corrected chi connectivity index (χ3v) is 1.97. The predicted molar refractivity (Wildman–Crippen MR) is 57.2 cm³/mol. The first-order valence-corrected chi connectivity index (χ1v) is 4.72. The van der Waals surface area contributed by atoms with Gasteiger partial charge in [-0.2, -0.15) is 5.26 Å². The molecule has 0 saturated heterocycles. The first kappa shape index (κ1) is 11.2. The Bertz CT molecular complexity index is 418. The number of nitrogens with zero attached hydrogens (tertiary/aromatic N) is 2. The van der Waals surface area contributed by atoms with Crippen molar-refractivity contribution < 1.29 is 4.79 Å². The van der Waals surface area contributed by atoms with Gasteiger partial charge in [0.15, 0.2) is 0 Å². The fourth-order valence-electron chi connectivity index (χ4n) is 1.03. The first-order chi connectivity index (χ1) is 7.04. The summed E-state index contributed by atoms with van der Waals surface area (Å²) in [5.41, 5.74) is 1.29. The number of aryl methyl sites for hydroxylation is 1. The van der Waals surface area contributed by atoms with Crippen LogP contribution in [0.25, 0.3) is 0 Å². The van der Waals surface area contributed by atoms with E-state index in [1.165, 1.54) is 6.20 Å². The van der Waals surface area contributed by atoms with Gasteiger partial charge in [0.2, 0.25) is 5.91 Å². The van der Waals surface area contributed by atoms with Crippen molar-refractivity contribution in [2.24, 2.45) is 5.92 Å². The van der Waals surface area contributed by atoms with Crippen molar-refractivity contribution >= 4 is 11.7 Å². The molecule has 1 rings (SSSR count). The third kappa shape index (κ3) is 2.78. The molecule has 4 nitrogen and oxygen atoms in total. The monoisotopic (exact) mass is 203 g/mol. The molecule has 1 amide bonds. The molecule has 0 fully saturated rings. The Balaban J connectivity index is 2.89. The van der Waals surface area contributed by atoms with E-state index in [0.29, 0.717) is 11.4 Å². The van der Waals surface area contributed by atoms with Crippen LogP contribution in [0.4, 0.5) is 5.82 Å². The lowest BCUT2D eigenvalue weighted by Crippen LogP contribution is -2.19. The third-order valence-electron chi connectivity index (χ3n) is 1.97. The molecule has 1 heterocycles. The zero-order valence-corrected chi connectivity index (χ0v) is 9.03. The summed E-state index contributed by atoms with van der Waals surface area (Å²) in [6, 6.07) is 3.69. The standard InChI is InChI=1S/C11H13N3O/c1-7(2)11(15)14-10-8(3)4-9(5-12)6-13-10/h4,6-7H,1-3H3,(H,13,14,15). The highest BCUT2D eigenvalue weighted by molar-refractivity contribution is 5.91. The number of nitriles is 1. The minimum absolute atomic E-state index is 0.0738. The summed E-state index contributed by atoms with van der Waals surface area (Å²) in [5, 5.41) is 11.3. The summed E-state index contributed by atoms with van der Waals surface area (Å²) in [6.07, 6.45) is 1.45. The maximum absolute atomic E-state index is 11.4. The van der Waals surface area contributed by atoms with E-state index in [9.17, 15) is 4.79 Å². The topological polar surface area (TPSA) is 65.8 Å². The Kier molecular flexibility index (Phi) is 3.40. The van der Waals surface area contributed by atoms with Crippen molar-refractivity contribution in [3.05, 3.63) is 23.4 Å². The molecular formula is C11H13N3O. The zero-order chi connectivity index (χ0) is 11.4. The highest BCUT2D eigenvalue weighted by atomic mass is 16.1. The molecule has 0 aliphatic rings. The number of carbonyl (C=O) groups excluding carboxylic acids is 1. The lowest BCUT2D eigenvalue weighted by molar-refractivity contribution is -0.118. The SMILES string of the molecule is Cc1cc(C#N)cnc1NC(=O)C(C)C. The summed E-state index contributed by atoms with van der Waals surface area (Å²) in [7, 11) is 0. The van der Waals surface area contributed by atoms with Gasteiger partial charge in [0.1, 0.15) is 11.9 Å². The van der Waals surface area contributed by atoms with E-state index in [1.807, 2.05) is 26.8 Å². The van der Waals surface area contributed by atoms with E-state index in [0.717, 1.165) is 5.56 Å². The number of rotatable bonds is 2. The van der Waals surface area contributed by atoms with Crippen LogP contribution in [0.5, 0.6) is 0 Å². The Morgan fingerprint density at radius 3 is 2.73 bits per heavy atom. The van der Waals surface area contributed by atoms with Gasteiger partial charge < -0.3 is 5.32 Å². The van der Waals surface area contributed by atoms with E-state index in [2.05, 4.69) is 10.3 Å². The smallest absolute Gasteiger partial charge is 0.228 e. The molecule has 1 aromatic rings. The fourth-order valence-corrected chi connectivity index (χ4v) is 1.03. The summed E-state index contributed by atoms with van der Waals surface area (Å²) >= 11 is 0. The molecule has 0 saturated carbocycles. The molecule has 0 bridgehead atoms. The Morgan fingerprint density at radius 1 is 1.60 bits per heavy atom. The molecule has 15 heavy (non-hydrogen) atoms. The van der Waals surface area contributed by atoms with Gasteiger partial charge >= 0.3 is 0 Å². The van der Waals surface area contributed by atoms with Crippen LogP contribution in [-0.2, 0) is 4.79 Å². The van der Waals surface area contributed by atoms with Crippen LogP contribution in [0, 0.1) is 24.2 Å². The molecular weight excluding hydrogens is 190 g/mol. The molecule has 4 heteroatoms. The molecule has 78 valence electrons. The van der Waals surface area contributed by atoms with E-state index < -0.39 is 0 Å². The van der Waals surface area contributed by atoms with E-state index >= 15 is 0 Å². The number of hydrogen-bond donors (Lipinski definition) is 1. The van der Waals surface area contributed by atoms with Gasteiger partial charge in [-0.25, -0.2) is 4.98 Å². The number of amides is 1. The molecule has 0 aliphatic heterocycles. The predicted octanol–water partition coefficient (Wildman–Crippen LogP) is 1.86. The second-order valence-electron chi connectivity index (χ2n) is 3.65. The Labute approximate surface area is 88.9 Å². The van der Waals surface area contributed by atoms with Crippen LogP contribution in [0.15, 0.2) is 12.3 Å². The summed E-state index contributed by atoms with van der Waals surface area (Å²) in [6.45, 7) is 5.44. The second-order valence-corrected chi connectivity index (χ2v) is 3.65. The van der Waals surface area contributed by atoms with Crippen LogP contribution in [0.2, 0.25) is 0 Å². The quantitative estimate of drug-likeness (QED) is 0.797. The second kappa shape index (κ2) is 4.56. The van der Waals surface area contributed by atoms with Gasteiger partial charge in [-0.3, -0.25) is 4.79 Å². The summed E-state index contributed by atoms with van der Waals surface area (Å²) < 4.78 is 0. The normalized spacial score (nSPS) is 9.80. The number of hydrogen-bond acceptors (Lipinski definition) is 3. The van der Waals surface area contributed by atoms with Crippen LogP contribution in [-0.4, -0.2) is 10.9 Å². The maximum atomic E-state index is 11.4. The minimum Gasteiger partial charge on any atom is -0.310 e. The Hall–Kier alpha value is -1.89. The first-order valence-electron chi connectivity index (χ1n) is 4.72. The van der Waals surface area contributed by atoms with Crippen molar-refractivity contribution in [2.45, 2.75) is 20.8 Å². The van der Waals surface area contributed by atoms with Crippen molar-refractivity contribution in [3.8, 4) is 6.07 Å². The fraction of sp³-hybridized carbons (Fsp3) is 0.364.